The second-order valence-electron chi connectivity index (χ2n) is 9.80. The molecule has 0 heterocycles. The topological polar surface area (TPSA) is 46.2 Å². The van der Waals surface area contributed by atoms with E-state index in [4.69, 9.17) is 0 Å². The van der Waals surface area contributed by atoms with Gasteiger partial charge < -0.3 is 10.8 Å². The average Bonchev–Trinajstić information content (AvgIpc) is 2.86. The van der Waals surface area contributed by atoms with E-state index in [1.807, 2.05) is 27.7 Å². The highest BCUT2D eigenvalue weighted by molar-refractivity contribution is 5.32. The van der Waals surface area contributed by atoms with Gasteiger partial charge in [0.15, 0.2) is 0 Å². The Morgan fingerprint density at radius 2 is 1.44 bits per heavy atom. The van der Waals surface area contributed by atoms with Gasteiger partial charge in [-0.25, -0.2) is 0 Å². The highest BCUT2D eigenvalue weighted by Crippen LogP contribution is 2.91. The van der Waals surface area contributed by atoms with Crippen LogP contribution in [0, 0.1) is 33.5 Å². The van der Waals surface area contributed by atoms with Crippen molar-refractivity contribution >= 4 is 0 Å². The van der Waals surface area contributed by atoms with Crippen LogP contribution in [-0.4, -0.2) is 17.8 Å². The van der Waals surface area contributed by atoms with E-state index >= 15 is 0 Å². The van der Waals surface area contributed by atoms with E-state index in [2.05, 4.69) is 40.4 Å². The predicted molar refractivity (Wildman–Crippen MR) is 111 cm³/mol. The maximum Gasteiger partial charge on any atom is 0.0648 e. The SMILES string of the molecule is CC.CC.CC(C)C12CC3(C)CC4CC(C(C)(C)O)(C1)CC32C4.CN. The van der Waals surface area contributed by atoms with Crippen LogP contribution in [0.15, 0.2) is 0 Å². The first kappa shape index (κ1) is 23.0. The number of hydrogen-bond acceptors (Lipinski definition) is 2. The van der Waals surface area contributed by atoms with E-state index in [0.717, 1.165) is 11.8 Å². The first-order valence-corrected chi connectivity index (χ1v) is 10.9. The fraction of sp³-hybridized carbons (Fsp3) is 1.00. The molecule has 0 aromatic heterocycles. The molecule has 4 fully saturated rings. The fourth-order valence-corrected chi connectivity index (χ4v) is 7.87. The molecule has 0 saturated heterocycles. The minimum Gasteiger partial charge on any atom is -0.390 e. The van der Waals surface area contributed by atoms with E-state index < -0.39 is 5.60 Å². The Morgan fingerprint density at radius 3 is 1.88 bits per heavy atom. The van der Waals surface area contributed by atoms with Crippen LogP contribution >= 0.6 is 0 Å². The zero-order valence-electron chi connectivity index (χ0n) is 18.9. The van der Waals surface area contributed by atoms with Gasteiger partial charge in [0, 0.05) is 0 Å². The Bertz CT molecular complexity index is 449. The zero-order valence-corrected chi connectivity index (χ0v) is 18.9. The second kappa shape index (κ2) is 7.15. The Balaban J connectivity index is 0.000000475. The lowest BCUT2D eigenvalue weighted by Crippen LogP contribution is -2.61. The molecule has 3 N–H and O–H groups in total. The zero-order chi connectivity index (χ0) is 19.9. The molecule has 4 saturated carbocycles. The molecule has 5 unspecified atom stereocenters. The lowest BCUT2D eigenvalue weighted by molar-refractivity contribution is -0.193. The van der Waals surface area contributed by atoms with Gasteiger partial charge in [0.1, 0.15) is 0 Å². The molecule has 0 aromatic rings. The summed E-state index contributed by atoms with van der Waals surface area (Å²) in [6.07, 6.45) is 8.26. The summed E-state index contributed by atoms with van der Waals surface area (Å²) >= 11 is 0. The van der Waals surface area contributed by atoms with Crippen LogP contribution in [0.3, 0.4) is 0 Å². The van der Waals surface area contributed by atoms with Crippen LogP contribution in [0.1, 0.15) is 101 Å². The molecule has 0 aliphatic heterocycles. The number of aliphatic hydroxyl groups is 1. The molecule has 0 aromatic carbocycles. The average molecular weight is 354 g/mol. The normalized spacial score (nSPS) is 45.2. The standard InChI is InChI=1S/C18H30O.2C2H6.CH5N/c1-12(2)17-9-15(5)6-13-7-16(10-17,14(3,4)19)11-18(15,17)8-13;3*1-2/h12-13,19H,6-11H2,1-5H3;2*1-2H3;2H2,1H3. The first-order chi connectivity index (χ1) is 11.6. The van der Waals surface area contributed by atoms with Crippen molar-refractivity contribution in [2.45, 2.75) is 106 Å². The minimum atomic E-state index is -0.497. The minimum absolute atomic E-state index is 0.217. The number of hydrogen-bond donors (Lipinski definition) is 2. The molecule has 4 rings (SSSR count). The summed E-state index contributed by atoms with van der Waals surface area (Å²) in [6.45, 7) is 19.6. The highest BCUT2D eigenvalue weighted by atomic mass is 16.3. The van der Waals surface area contributed by atoms with Gasteiger partial charge in [-0.3, -0.25) is 0 Å². The van der Waals surface area contributed by atoms with Crippen LogP contribution in [0.4, 0.5) is 0 Å². The molecular weight excluding hydrogens is 306 g/mol. The highest BCUT2D eigenvalue weighted by Gasteiger charge is 2.83. The number of rotatable bonds is 2. The van der Waals surface area contributed by atoms with Crippen molar-refractivity contribution in [2.24, 2.45) is 39.2 Å². The fourth-order valence-electron chi connectivity index (χ4n) is 7.87. The van der Waals surface area contributed by atoms with E-state index in [1.54, 1.807) is 0 Å². The monoisotopic (exact) mass is 353 g/mol. The molecule has 3 bridgehead atoms. The van der Waals surface area contributed by atoms with Gasteiger partial charge in [0.2, 0.25) is 0 Å². The summed E-state index contributed by atoms with van der Waals surface area (Å²) in [4.78, 5) is 0. The lowest BCUT2D eigenvalue weighted by atomic mass is 9.37. The molecule has 4 aliphatic rings. The van der Waals surface area contributed by atoms with Crippen molar-refractivity contribution in [1.29, 1.82) is 0 Å². The molecule has 1 spiro atoms. The second-order valence-corrected chi connectivity index (χ2v) is 9.80. The van der Waals surface area contributed by atoms with Crippen molar-refractivity contribution in [2.75, 3.05) is 7.05 Å². The maximum absolute atomic E-state index is 10.9. The lowest BCUT2D eigenvalue weighted by Gasteiger charge is -2.67. The maximum atomic E-state index is 10.9. The van der Waals surface area contributed by atoms with Crippen molar-refractivity contribution in [3.63, 3.8) is 0 Å². The van der Waals surface area contributed by atoms with Crippen LogP contribution < -0.4 is 5.73 Å². The van der Waals surface area contributed by atoms with E-state index in [1.165, 1.54) is 45.6 Å². The first-order valence-electron chi connectivity index (χ1n) is 10.9. The van der Waals surface area contributed by atoms with Gasteiger partial charge in [-0.05, 0) is 92.9 Å². The summed E-state index contributed by atoms with van der Waals surface area (Å²) in [5, 5.41) is 10.9. The quantitative estimate of drug-likeness (QED) is 0.638. The van der Waals surface area contributed by atoms with Crippen LogP contribution in [0.25, 0.3) is 0 Å². The van der Waals surface area contributed by atoms with Crippen LogP contribution in [0.5, 0.6) is 0 Å². The Kier molecular flexibility index (Phi) is 6.57. The van der Waals surface area contributed by atoms with Gasteiger partial charge in [-0.15, -0.1) is 0 Å². The third kappa shape index (κ3) is 2.64. The molecule has 2 heteroatoms. The van der Waals surface area contributed by atoms with Crippen molar-refractivity contribution in [3.8, 4) is 0 Å². The van der Waals surface area contributed by atoms with E-state index in [0.29, 0.717) is 16.2 Å². The van der Waals surface area contributed by atoms with Crippen molar-refractivity contribution in [1.82, 2.24) is 0 Å². The molecule has 0 radical (unpaired) electrons. The number of nitrogens with two attached hydrogens (primary N) is 1. The molecule has 150 valence electrons. The van der Waals surface area contributed by atoms with Gasteiger partial charge in [-0.2, -0.15) is 0 Å². The third-order valence-electron chi connectivity index (χ3n) is 8.57. The molecule has 5 atom stereocenters. The smallest absolute Gasteiger partial charge is 0.0648 e. The van der Waals surface area contributed by atoms with Gasteiger partial charge in [0.25, 0.3) is 0 Å². The van der Waals surface area contributed by atoms with Crippen LogP contribution in [-0.2, 0) is 0 Å². The van der Waals surface area contributed by atoms with E-state index in [-0.39, 0.29) is 5.41 Å². The largest absolute Gasteiger partial charge is 0.390 e. The summed E-state index contributed by atoms with van der Waals surface area (Å²) in [5.41, 5.74) is 5.95. The van der Waals surface area contributed by atoms with Gasteiger partial charge in [-0.1, -0.05) is 48.5 Å². The Hall–Kier alpha value is -0.0800. The molecule has 0 amide bonds. The molecule has 25 heavy (non-hydrogen) atoms. The predicted octanol–water partition coefficient (Wildman–Crippen LogP) is 6.02. The third-order valence-corrected chi connectivity index (χ3v) is 8.57. The van der Waals surface area contributed by atoms with Crippen LogP contribution in [0.2, 0.25) is 0 Å². The Labute approximate surface area is 158 Å². The van der Waals surface area contributed by atoms with E-state index in [9.17, 15) is 5.11 Å². The Morgan fingerprint density at radius 1 is 0.920 bits per heavy atom. The number of fused-ring (bicyclic) bond motifs is 2. The van der Waals surface area contributed by atoms with Crippen molar-refractivity contribution in [3.05, 3.63) is 0 Å². The summed E-state index contributed by atoms with van der Waals surface area (Å²) < 4.78 is 0. The van der Waals surface area contributed by atoms with Gasteiger partial charge in [0.05, 0.1) is 5.60 Å². The van der Waals surface area contributed by atoms with Gasteiger partial charge >= 0.3 is 0 Å². The summed E-state index contributed by atoms with van der Waals surface area (Å²) in [5.74, 6) is 1.68. The molecule has 2 nitrogen and oxygen atoms in total. The van der Waals surface area contributed by atoms with Crippen molar-refractivity contribution < 1.29 is 5.11 Å². The molecule has 4 aliphatic carbocycles. The molecular formula is C23H47NO. The summed E-state index contributed by atoms with van der Waals surface area (Å²) in [6, 6.07) is 0. The summed E-state index contributed by atoms with van der Waals surface area (Å²) in [7, 11) is 1.50.